The molecule has 0 atom stereocenters. The lowest BCUT2D eigenvalue weighted by molar-refractivity contribution is -0.384. The summed E-state index contributed by atoms with van der Waals surface area (Å²) < 4.78 is 11.4. The van der Waals surface area contributed by atoms with Gasteiger partial charge in [0.05, 0.1) is 27.6 Å². The Labute approximate surface area is 157 Å². The van der Waals surface area contributed by atoms with E-state index < -0.39 is 10.8 Å². The summed E-state index contributed by atoms with van der Waals surface area (Å²) in [5, 5.41) is 22.3. The molecule has 0 aliphatic carbocycles. The molecule has 1 amide bonds. The van der Waals surface area contributed by atoms with Crippen molar-refractivity contribution in [3.63, 3.8) is 0 Å². The van der Waals surface area contributed by atoms with Crippen LogP contribution in [0, 0.1) is 21.4 Å². The van der Waals surface area contributed by atoms with Crippen LogP contribution in [0.3, 0.4) is 0 Å². The number of hydrogen-bond acceptors (Lipinski definition) is 6. The highest BCUT2D eigenvalue weighted by Gasteiger charge is 2.15. The van der Waals surface area contributed by atoms with Crippen molar-refractivity contribution in [2.24, 2.45) is 0 Å². The van der Waals surface area contributed by atoms with Crippen LogP contribution < -0.4 is 14.8 Å². The average Bonchev–Trinajstić information content (AvgIpc) is 2.61. The van der Waals surface area contributed by atoms with Gasteiger partial charge in [-0.2, -0.15) is 5.26 Å². The first-order valence-electron chi connectivity index (χ1n) is 7.48. The van der Waals surface area contributed by atoms with E-state index in [0.717, 1.165) is 0 Å². The van der Waals surface area contributed by atoms with Gasteiger partial charge >= 0.3 is 0 Å². The van der Waals surface area contributed by atoms with Crippen molar-refractivity contribution in [3.05, 3.63) is 56.5 Å². The molecule has 0 aliphatic heterocycles. The monoisotopic (exact) mass is 419 g/mol. The van der Waals surface area contributed by atoms with Crippen molar-refractivity contribution in [3.8, 4) is 17.6 Å². The highest BCUT2D eigenvalue weighted by atomic mass is 79.9. The Morgan fingerprint density at radius 3 is 2.77 bits per heavy atom. The summed E-state index contributed by atoms with van der Waals surface area (Å²) >= 11 is 3.29. The van der Waals surface area contributed by atoms with Gasteiger partial charge in [0.1, 0.15) is 0 Å². The second-order valence-electron chi connectivity index (χ2n) is 4.97. The number of amides is 1. The summed E-state index contributed by atoms with van der Waals surface area (Å²) in [5.74, 6) is 0.130. The summed E-state index contributed by atoms with van der Waals surface area (Å²) in [7, 11) is 0. The zero-order chi connectivity index (χ0) is 19.1. The molecular weight excluding hydrogens is 406 g/mol. The van der Waals surface area contributed by atoms with Crippen molar-refractivity contribution in [1.29, 1.82) is 5.26 Å². The molecule has 0 radical (unpaired) electrons. The third-order valence-corrected chi connectivity index (χ3v) is 3.72. The fourth-order valence-corrected chi connectivity index (χ4v) is 2.62. The van der Waals surface area contributed by atoms with Crippen molar-refractivity contribution < 1.29 is 19.2 Å². The predicted molar refractivity (Wildman–Crippen MR) is 97.2 cm³/mol. The second-order valence-corrected chi connectivity index (χ2v) is 5.83. The molecule has 0 saturated carbocycles. The number of nitro groups is 1. The minimum Gasteiger partial charge on any atom is -0.490 e. The van der Waals surface area contributed by atoms with Crippen LogP contribution in [-0.2, 0) is 4.79 Å². The van der Waals surface area contributed by atoms with Gasteiger partial charge < -0.3 is 14.8 Å². The quantitative estimate of drug-likeness (QED) is 0.540. The number of hydrogen-bond donors (Lipinski definition) is 1. The summed E-state index contributed by atoms with van der Waals surface area (Å²) in [4.78, 5) is 22.3. The van der Waals surface area contributed by atoms with Gasteiger partial charge in [-0.05, 0) is 35.0 Å². The molecule has 134 valence electrons. The summed E-state index contributed by atoms with van der Waals surface area (Å²) in [6.07, 6.45) is 0. The van der Waals surface area contributed by atoms with Crippen LogP contribution in [-0.4, -0.2) is 24.0 Å². The van der Waals surface area contributed by atoms with E-state index >= 15 is 0 Å². The molecule has 26 heavy (non-hydrogen) atoms. The molecule has 1 N–H and O–H groups in total. The average molecular weight is 420 g/mol. The first-order valence-corrected chi connectivity index (χ1v) is 8.27. The molecule has 0 fully saturated rings. The number of benzene rings is 2. The molecule has 0 saturated heterocycles. The van der Waals surface area contributed by atoms with E-state index in [1.165, 1.54) is 30.3 Å². The van der Waals surface area contributed by atoms with E-state index in [2.05, 4.69) is 21.2 Å². The minimum atomic E-state index is -0.547. The largest absolute Gasteiger partial charge is 0.490 e. The first kappa shape index (κ1) is 19.2. The minimum absolute atomic E-state index is 0.128. The van der Waals surface area contributed by atoms with Crippen LogP contribution in [0.1, 0.15) is 12.5 Å². The smallest absolute Gasteiger partial charge is 0.271 e. The normalized spacial score (nSPS) is 9.88. The van der Waals surface area contributed by atoms with Gasteiger partial charge in [-0.15, -0.1) is 0 Å². The molecule has 2 aromatic rings. The molecule has 0 aromatic heterocycles. The van der Waals surface area contributed by atoms with E-state index in [1.807, 2.05) is 6.07 Å². The third-order valence-electron chi connectivity index (χ3n) is 3.13. The predicted octanol–water partition coefficient (Wildman–Crippen LogP) is 3.65. The maximum Gasteiger partial charge on any atom is 0.271 e. The topological polar surface area (TPSA) is 114 Å². The highest BCUT2D eigenvalue weighted by Crippen LogP contribution is 2.36. The molecule has 2 rings (SSSR count). The van der Waals surface area contributed by atoms with Gasteiger partial charge in [-0.3, -0.25) is 14.9 Å². The molecule has 9 heteroatoms. The summed E-state index contributed by atoms with van der Waals surface area (Å²) in [5.41, 5.74) is 0.544. The van der Waals surface area contributed by atoms with Gasteiger partial charge in [0.2, 0.25) is 0 Å². The van der Waals surface area contributed by atoms with Gasteiger partial charge in [0.25, 0.3) is 11.6 Å². The molecule has 0 spiro atoms. The van der Waals surface area contributed by atoms with E-state index in [1.54, 1.807) is 13.0 Å². The Hall–Kier alpha value is -3.12. The second kappa shape index (κ2) is 8.82. The van der Waals surface area contributed by atoms with Crippen LogP contribution in [0.2, 0.25) is 0 Å². The number of nitriles is 1. The maximum atomic E-state index is 12.1. The number of rotatable bonds is 7. The molecule has 0 bridgehead atoms. The summed E-state index contributed by atoms with van der Waals surface area (Å²) in [6, 6.07) is 10.7. The van der Waals surface area contributed by atoms with E-state index in [0.29, 0.717) is 28.1 Å². The van der Waals surface area contributed by atoms with Gasteiger partial charge in [0, 0.05) is 23.9 Å². The third kappa shape index (κ3) is 4.94. The van der Waals surface area contributed by atoms with E-state index in [9.17, 15) is 14.9 Å². The Bertz CT molecular complexity index is 879. The number of halogens is 1. The SMILES string of the molecule is CCOc1cc(C#N)cc(Br)c1OCC(=O)Nc1cccc([N+](=O)[O-])c1. The Morgan fingerprint density at radius 1 is 1.35 bits per heavy atom. The van der Waals surface area contributed by atoms with Crippen molar-refractivity contribution in [2.75, 3.05) is 18.5 Å². The fourth-order valence-electron chi connectivity index (χ4n) is 2.07. The lowest BCUT2D eigenvalue weighted by Crippen LogP contribution is -2.20. The number of anilines is 1. The molecule has 0 aliphatic rings. The van der Waals surface area contributed by atoms with Crippen LogP contribution in [0.25, 0.3) is 0 Å². The van der Waals surface area contributed by atoms with Gasteiger partial charge in [-0.25, -0.2) is 0 Å². The van der Waals surface area contributed by atoms with Crippen molar-refractivity contribution >= 4 is 33.2 Å². The molecule has 0 heterocycles. The van der Waals surface area contributed by atoms with Crippen LogP contribution in [0.5, 0.6) is 11.5 Å². The standard InChI is InChI=1S/C17H14BrN3O5/c1-2-25-15-7-11(9-19)6-14(18)17(15)26-10-16(22)20-12-4-3-5-13(8-12)21(23)24/h3-8H,2,10H2,1H3,(H,20,22). The molecular formula is C17H14BrN3O5. The van der Waals surface area contributed by atoms with E-state index in [-0.39, 0.29) is 18.0 Å². The zero-order valence-corrected chi connectivity index (χ0v) is 15.3. The molecule has 8 nitrogen and oxygen atoms in total. The molecule has 0 unspecified atom stereocenters. The number of non-ortho nitro benzene ring substituents is 1. The zero-order valence-electron chi connectivity index (χ0n) is 13.7. The number of carbonyl (C=O) groups is 1. The van der Waals surface area contributed by atoms with Crippen molar-refractivity contribution in [2.45, 2.75) is 6.92 Å². The van der Waals surface area contributed by atoms with Crippen LogP contribution in [0.4, 0.5) is 11.4 Å². The van der Waals surface area contributed by atoms with Gasteiger partial charge in [-0.1, -0.05) is 6.07 Å². The first-order chi connectivity index (χ1) is 12.4. The highest BCUT2D eigenvalue weighted by molar-refractivity contribution is 9.10. The Balaban J connectivity index is 2.09. The molecule has 2 aromatic carbocycles. The van der Waals surface area contributed by atoms with Crippen molar-refractivity contribution in [1.82, 2.24) is 0 Å². The number of carbonyl (C=O) groups excluding carboxylic acids is 1. The Kier molecular flexibility index (Phi) is 6.52. The van der Waals surface area contributed by atoms with Gasteiger partial charge in [0.15, 0.2) is 18.1 Å². The lowest BCUT2D eigenvalue weighted by atomic mass is 10.2. The van der Waals surface area contributed by atoms with Crippen LogP contribution in [0.15, 0.2) is 40.9 Å². The fraction of sp³-hybridized carbons (Fsp3) is 0.176. The Morgan fingerprint density at radius 2 is 2.12 bits per heavy atom. The number of nitrogens with one attached hydrogen (secondary N) is 1. The van der Waals surface area contributed by atoms with E-state index in [4.69, 9.17) is 14.7 Å². The number of nitro benzene ring substituents is 1. The number of nitrogens with zero attached hydrogens (tertiary/aromatic N) is 2. The summed E-state index contributed by atoms with van der Waals surface area (Å²) in [6.45, 7) is 1.80. The number of ether oxygens (including phenoxy) is 2. The lowest BCUT2D eigenvalue weighted by Gasteiger charge is -2.14. The maximum absolute atomic E-state index is 12.1. The van der Waals surface area contributed by atoms with Crippen LogP contribution >= 0.6 is 15.9 Å².